The number of methoxy groups -OCH3 is 1. The van der Waals surface area contributed by atoms with Crippen LogP contribution in [0, 0.1) is 0 Å². The van der Waals surface area contributed by atoms with Crippen molar-refractivity contribution in [1.82, 2.24) is 3.97 Å². The number of ether oxygens (including phenoxy) is 1. The Morgan fingerprint density at radius 1 is 1.29 bits per heavy atom. The van der Waals surface area contributed by atoms with Gasteiger partial charge in [-0.1, -0.05) is 31.5 Å². The fourth-order valence-corrected chi connectivity index (χ4v) is 3.64. The number of aromatic nitrogens is 1. The molecule has 0 aliphatic heterocycles. The molecule has 114 valence electrons. The predicted octanol–water partition coefficient (Wildman–Crippen LogP) is 2.58. The van der Waals surface area contributed by atoms with Crippen molar-refractivity contribution in [3.8, 4) is 0 Å². The lowest BCUT2D eigenvalue weighted by Gasteiger charge is -2.09. The molecule has 0 aliphatic rings. The number of carbonyl (C=O) groups excluding carboxylic acids is 1. The molecule has 2 aromatic rings. The van der Waals surface area contributed by atoms with E-state index in [1.54, 1.807) is 24.3 Å². The first-order valence-electron chi connectivity index (χ1n) is 6.83. The number of fused-ring (bicyclic) bond motifs is 1. The predicted molar refractivity (Wildman–Crippen MR) is 82.1 cm³/mol. The van der Waals surface area contributed by atoms with E-state index in [2.05, 4.69) is 0 Å². The maximum Gasteiger partial charge on any atom is 0.340 e. The molecular formula is C15H19NO4S. The molecule has 1 aromatic heterocycles. The number of nitrogens with zero attached hydrogens (tertiary/aromatic N) is 1. The van der Waals surface area contributed by atoms with Crippen molar-refractivity contribution < 1.29 is 17.9 Å². The zero-order valence-electron chi connectivity index (χ0n) is 12.4. The summed E-state index contributed by atoms with van der Waals surface area (Å²) in [7, 11) is -2.20. The minimum absolute atomic E-state index is 0.354. The van der Waals surface area contributed by atoms with E-state index < -0.39 is 16.0 Å². The van der Waals surface area contributed by atoms with Crippen molar-refractivity contribution in [2.24, 2.45) is 0 Å². The molecule has 1 heterocycles. The monoisotopic (exact) mass is 309 g/mol. The third kappa shape index (κ3) is 2.81. The van der Waals surface area contributed by atoms with E-state index in [0.717, 1.165) is 19.1 Å². The first kappa shape index (κ1) is 15.6. The van der Waals surface area contributed by atoms with E-state index in [4.69, 9.17) is 4.74 Å². The number of rotatable bonds is 5. The van der Waals surface area contributed by atoms with Crippen molar-refractivity contribution in [3.63, 3.8) is 0 Å². The highest BCUT2D eigenvalue weighted by Gasteiger charge is 2.26. The Hall–Kier alpha value is -1.82. The van der Waals surface area contributed by atoms with E-state index in [1.807, 2.05) is 6.92 Å². The molecule has 0 unspecified atom stereocenters. The van der Waals surface area contributed by atoms with Crippen LogP contribution in [0.1, 0.15) is 35.8 Å². The quantitative estimate of drug-likeness (QED) is 0.796. The molecule has 0 fully saturated rings. The van der Waals surface area contributed by atoms with Crippen molar-refractivity contribution >= 4 is 26.9 Å². The Balaban J connectivity index is 2.88. The lowest BCUT2D eigenvalue weighted by atomic mass is 10.1. The van der Waals surface area contributed by atoms with Crippen LogP contribution in [-0.4, -0.2) is 31.7 Å². The van der Waals surface area contributed by atoms with Crippen LogP contribution in [0.2, 0.25) is 0 Å². The van der Waals surface area contributed by atoms with Gasteiger partial charge in [-0.25, -0.2) is 17.2 Å². The topological polar surface area (TPSA) is 65.4 Å². The molecule has 0 N–H and O–H groups in total. The summed E-state index contributed by atoms with van der Waals surface area (Å²) in [4.78, 5) is 12.1. The third-order valence-electron chi connectivity index (χ3n) is 3.41. The summed E-state index contributed by atoms with van der Waals surface area (Å²) in [6.45, 7) is 2.02. The van der Waals surface area contributed by atoms with E-state index in [9.17, 15) is 13.2 Å². The van der Waals surface area contributed by atoms with Crippen LogP contribution in [0.4, 0.5) is 0 Å². The van der Waals surface area contributed by atoms with Crippen molar-refractivity contribution in [3.05, 3.63) is 35.5 Å². The maximum absolute atomic E-state index is 12.2. The Labute approximate surface area is 124 Å². The number of hydrogen-bond acceptors (Lipinski definition) is 4. The smallest absolute Gasteiger partial charge is 0.340 e. The minimum atomic E-state index is -3.50. The third-order valence-corrected chi connectivity index (χ3v) is 4.49. The maximum atomic E-state index is 12.2. The molecule has 1 aromatic carbocycles. The lowest BCUT2D eigenvalue weighted by molar-refractivity contribution is 0.0601. The number of carbonyl (C=O) groups is 1. The fourth-order valence-electron chi connectivity index (χ4n) is 2.54. The summed E-state index contributed by atoms with van der Waals surface area (Å²) in [5.74, 6) is -0.500. The molecule has 0 bridgehead atoms. The van der Waals surface area contributed by atoms with Gasteiger partial charge in [0.2, 0.25) is 10.0 Å². The average molecular weight is 309 g/mol. The van der Waals surface area contributed by atoms with Gasteiger partial charge in [0.1, 0.15) is 0 Å². The highest BCUT2D eigenvalue weighted by molar-refractivity contribution is 7.89. The highest BCUT2D eigenvalue weighted by Crippen LogP contribution is 2.29. The fraction of sp³-hybridized carbons (Fsp3) is 0.400. The summed E-state index contributed by atoms with van der Waals surface area (Å²) >= 11 is 0. The standard InChI is InChI=1S/C15H19NO4S/c1-4-5-9-13-14(15(17)20-2)11-8-6-7-10-12(11)16(13)21(3,18)19/h6-8,10H,4-5,9H2,1-3H3. The van der Waals surface area contributed by atoms with Gasteiger partial charge in [-0.2, -0.15) is 0 Å². The molecule has 5 nitrogen and oxygen atoms in total. The van der Waals surface area contributed by atoms with Gasteiger partial charge in [0.05, 0.1) is 24.4 Å². The molecule has 2 rings (SSSR count). The Kier molecular flexibility index (Phi) is 4.37. The van der Waals surface area contributed by atoms with Gasteiger partial charge in [0.25, 0.3) is 0 Å². The van der Waals surface area contributed by atoms with Crippen LogP contribution in [-0.2, 0) is 21.2 Å². The van der Waals surface area contributed by atoms with Crippen LogP contribution in [0.15, 0.2) is 24.3 Å². The largest absolute Gasteiger partial charge is 0.465 e. The summed E-state index contributed by atoms with van der Waals surface area (Å²) in [6.07, 6.45) is 3.38. The van der Waals surface area contributed by atoms with Crippen molar-refractivity contribution in [2.45, 2.75) is 26.2 Å². The second-order valence-corrected chi connectivity index (χ2v) is 6.79. The van der Waals surface area contributed by atoms with E-state index in [1.165, 1.54) is 11.1 Å². The Bertz CT molecular complexity index is 774. The number of unbranched alkanes of at least 4 members (excludes halogenated alkanes) is 1. The number of para-hydroxylation sites is 1. The summed E-state index contributed by atoms with van der Waals surface area (Å²) < 4.78 is 30.4. The summed E-state index contributed by atoms with van der Waals surface area (Å²) in [5, 5.41) is 0.612. The van der Waals surface area contributed by atoms with E-state index in [0.29, 0.717) is 28.6 Å². The van der Waals surface area contributed by atoms with Crippen LogP contribution in [0.5, 0.6) is 0 Å². The van der Waals surface area contributed by atoms with Crippen LogP contribution in [0.3, 0.4) is 0 Å². The molecule has 0 saturated heterocycles. The highest BCUT2D eigenvalue weighted by atomic mass is 32.2. The molecule has 21 heavy (non-hydrogen) atoms. The van der Waals surface area contributed by atoms with Gasteiger partial charge in [-0.3, -0.25) is 0 Å². The van der Waals surface area contributed by atoms with Gasteiger partial charge >= 0.3 is 5.97 Å². The molecule has 0 atom stereocenters. The first-order valence-corrected chi connectivity index (χ1v) is 8.67. The van der Waals surface area contributed by atoms with Gasteiger partial charge in [-0.15, -0.1) is 0 Å². The summed E-state index contributed by atoms with van der Waals surface area (Å²) in [5.41, 5.74) is 1.38. The zero-order chi connectivity index (χ0) is 15.6. The number of esters is 1. The lowest BCUT2D eigenvalue weighted by Crippen LogP contribution is -2.15. The Morgan fingerprint density at radius 2 is 1.95 bits per heavy atom. The normalized spacial score (nSPS) is 11.8. The average Bonchev–Trinajstić information content (AvgIpc) is 2.78. The molecule has 0 saturated carbocycles. The van der Waals surface area contributed by atoms with E-state index in [-0.39, 0.29) is 0 Å². The SMILES string of the molecule is CCCCc1c(C(=O)OC)c2ccccc2n1S(C)(=O)=O. The number of benzene rings is 1. The van der Waals surface area contributed by atoms with Crippen LogP contribution >= 0.6 is 0 Å². The van der Waals surface area contributed by atoms with Crippen LogP contribution in [0.25, 0.3) is 10.9 Å². The van der Waals surface area contributed by atoms with E-state index >= 15 is 0 Å². The zero-order valence-corrected chi connectivity index (χ0v) is 13.2. The van der Waals surface area contributed by atoms with Gasteiger partial charge in [-0.05, 0) is 18.9 Å². The first-order chi connectivity index (χ1) is 9.91. The summed E-state index contributed by atoms with van der Waals surface area (Å²) in [6, 6.07) is 7.00. The minimum Gasteiger partial charge on any atom is -0.465 e. The van der Waals surface area contributed by atoms with Crippen LogP contribution < -0.4 is 0 Å². The molecule has 0 amide bonds. The van der Waals surface area contributed by atoms with Gasteiger partial charge < -0.3 is 4.74 Å². The molecule has 0 spiro atoms. The molecule has 0 radical (unpaired) electrons. The molecular weight excluding hydrogens is 290 g/mol. The molecule has 6 heteroatoms. The Morgan fingerprint density at radius 3 is 2.52 bits per heavy atom. The van der Waals surface area contributed by atoms with Crippen molar-refractivity contribution in [2.75, 3.05) is 13.4 Å². The second kappa shape index (κ2) is 5.89. The van der Waals surface area contributed by atoms with Gasteiger partial charge in [0.15, 0.2) is 0 Å². The van der Waals surface area contributed by atoms with Crippen molar-refractivity contribution in [1.29, 1.82) is 0 Å². The van der Waals surface area contributed by atoms with Gasteiger partial charge in [0, 0.05) is 11.1 Å². The second-order valence-electron chi connectivity index (χ2n) is 4.96. The molecule has 0 aliphatic carbocycles. The number of hydrogen-bond donors (Lipinski definition) is 0.